The summed E-state index contributed by atoms with van der Waals surface area (Å²) in [5, 5.41) is 15.5. The van der Waals surface area contributed by atoms with Crippen LogP contribution in [-0.4, -0.2) is 52.6 Å². The molecule has 1 aliphatic rings. The Morgan fingerprint density at radius 3 is 2.56 bits per heavy atom. The van der Waals surface area contributed by atoms with Gasteiger partial charge in [-0.2, -0.15) is 5.26 Å². The van der Waals surface area contributed by atoms with Crippen LogP contribution in [0.2, 0.25) is 0 Å². The molecule has 4 rings (SSSR count). The van der Waals surface area contributed by atoms with E-state index >= 15 is 0 Å². The molecule has 3 aromatic rings. The van der Waals surface area contributed by atoms with Crippen molar-refractivity contribution in [2.24, 2.45) is 7.05 Å². The van der Waals surface area contributed by atoms with Gasteiger partial charge in [0.15, 0.2) is 0 Å². The van der Waals surface area contributed by atoms with Crippen molar-refractivity contribution < 1.29 is 14.3 Å². The molecule has 9 heteroatoms. The van der Waals surface area contributed by atoms with Crippen molar-refractivity contribution in [2.45, 2.75) is 38.8 Å². The Labute approximate surface area is 211 Å². The van der Waals surface area contributed by atoms with Gasteiger partial charge in [0.1, 0.15) is 11.4 Å². The monoisotopic (exact) mass is 488 g/mol. The van der Waals surface area contributed by atoms with E-state index < -0.39 is 11.5 Å². The van der Waals surface area contributed by atoms with E-state index in [1.165, 1.54) is 0 Å². The number of likely N-dealkylation sites (tertiary alicyclic amines) is 1. The van der Waals surface area contributed by atoms with Gasteiger partial charge in [-0.3, -0.25) is 14.9 Å². The van der Waals surface area contributed by atoms with E-state index in [0.717, 1.165) is 41.0 Å². The second-order valence-electron chi connectivity index (χ2n) is 9.12. The van der Waals surface area contributed by atoms with Crippen LogP contribution in [-0.2, 0) is 33.5 Å². The van der Waals surface area contributed by atoms with E-state index in [2.05, 4.69) is 16.7 Å². The highest BCUT2D eigenvalue weighted by Gasteiger charge is 2.39. The number of nitriles is 1. The summed E-state index contributed by atoms with van der Waals surface area (Å²) in [6, 6.07) is 15.2. The lowest BCUT2D eigenvalue weighted by Crippen LogP contribution is -2.54. The normalized spacial score (nSPS) is 14.9. The van der Waals surface area contributed by atoms with Crippen molar-refractivity contribution in [1.29, 1.82) is 5.26 Å². The zero-order chi connectivity index (χ0) is 25.7. The largest absolute Gasteiger partial charge is 0.465 e. The second-order valence-corrected chi connectivity index (χ2v) is 9.12. The fourth-order valence-corrected chi connectivity index (χ4v) is 4.56. The molecule has 0 spiro atoms. The summed E-state index contributed by atoms with van der Waals surface area (Å²) in [5.74, 6) is 0.383. The number of aryl methyl sites for hydroxylation is 1. The minimum atomic E-state index is -1.09. The summed E-state index contributed by atoms with van der Waals surface area (Å²) in [5.41, 5.74) is 2.87. The van der Waals surface area contributed by atoms with Gasteiger partial charge in [0.05, 0.1) is 42.4 Å². The predicted molar refractivity (Wildman–Crippen MR) is 137 cm³/mol. The Hall–Kier alpha value is -3.90. The molecule has 188 valence electrons. The number of nitrogens with one attached hydrogen (secondary N) is 2. The highest BCUT2D eigenvalue weighted by Crippen LogP contribution is 2.29. The molecule has 2 heterocycles. The number of hydrogen-bond donors (Lipinski definition) is 2. The highest BCUT2D eigenvalue weighted by molar-refractivity contribution is 5.90. The van der Waals surface area contributed by atoms with E-state index in [9.17, 15) is 9.59 Å². The molecular weight excluding hydrogens is 456 g/mol. The number of nitrogens with zero attached hydrogens (tertiary/aromatic N) is 4. The number of benzene rings is 2. The molecule has 1 fully saturated rings. The molecule has 9 nitrogen and oxygen atoms in total. The van der Waals surface area contributed by atoms with Gasteiger partial charge in [-0.15, -0.1) is 0 Å². The number of ether oxygens (including phenoxy) is 1. The van der Waals surface area contributed by atoms with Crippen molar-refractivity contribution in [1.82, 2.24) is 19.8 Å². The Kier molecular flexibility index (Phi) is 7.55. The maximum Gasteiger partial charge on any atom is 0.319 e. The molecule has 1 unspecified atom stereocenters. The first kappa shape index (κ1) is 25.2. The zero-order valence-electron chi connectivity index (χ0n) is 21.0. The topological polar surface area (TPSA) is 112 Å². The number of rotatable bonds is 9. The van der Waals surface area contributed by atoms with Crippen LogP contribution in [0.25, 0.3) is 11.0 Å². The molecule has 1 aliphatic heterocycles. The van der Waals surface area contributed by atoms with Gasteiger partial charge < -0.3 is 19.5 Å². The summed E-state index contributed by atoms with van der Waals surface area (Å²) in [6.45, 7) is 5.73. The van der Waals surface area contributed by atoms with Crippen LogP contribution >= 0.6 is 0 Å². The lowest BCUT2D eigenvalue weighted by Gasteiger charge is -2.33. The molecule has 0 aliphatic carbocycles. The fourth-order valence-electron chi connectivity index (χ4n) is 4.56. The summed E-state index contributed by atoms with van der Waals surface area (Å²) >= 11 is 0. The Balaban J connectivity index is 1.60. The van der Waals surface area contributed by atoms with Gasteiger partial charge in [-0.1, -0.05) is 6.07 Å². The van der Waals surface area contributed by atoms with Crippen LogP contribution < -0.4 is 10.6 Å². The lowest BCUT2D eigenvalue weighted by atomic mass is 9.89. The van der Waals surface area contributed by atoms with Crippen molar-refractivity contribution in [3.05, 3.63) is 59.4 Å². The summed E-state index contributed by atoms with van der Waals surface area (Å²) in [6.07, 6.45) is 1.96. The first-order chi connectivity index (χ1) is 17.4. The number of aromatic nitrogens is 2. The van der Waals surface area contributed by atoms with Gasteiger partial charge in [-0.05, 0) is 68.7 Å². The van der Waals surface area contributed by atoms with Crippen molar-refractivity contribution in [3.8, 4) is 6.07 Å². The predicted octanol–water partition coefficient (Wildman–Crippen LogP) is 3.05. The summed E-state index contributed by atoms with van der Waals surface area (Å²) in [7, 11) is 1.96. The maximum atomic E-state index is 13.6. The molecule has 1 aromatic heterocycles. The lowest BCUT2D eigenvalue weighted by molar-refractivity contribution is -0.143. The third kappa shape index (κ3) is 5.19. The second kappa shape index (κ2) is 10.8. The van der Waals surface area contributed by atoms with Crippen LogP contribution in [0.5, 0.6) is 0 Å². The molecule has 0 radical (unpaired) electrons. The van der Waals surface area contributed by atoms with Crippen molar-refractivity contribution in [2.75, 3.05) is 31.6 Å². The SMILES string of the molecule is CCOC(=O)CNC(C)(C(=O)N1CCCC1)c1ccc2c(c1)nc(CNc1ccc(C#N)cc1)n2C. The summed E-state index contributed by atoms with van der Waals surface area (Å²) < 4.78 is 7.09. The van der Waals surface area contributed by atoms with E-state index in [4.69, 9.17) is 15.0 Å². The average Bonchev–Trinajstić information content (AvgIpc) is 3.54. The van der Waals surface area contributed by atoms with E-state index in [0.29, 0.717) is 25.2 Å². The first-order valence-electron chi connectivity index (χ1n) is 12.3. The van der Waals surface area contributed by atoms with Crippen LogP contribution in [0, 0.1) is 11.3 Å². The minimum absolute atomic E-state index is 0.0534. The average molecular weight is 489 g/mol. The van der Waals surface area contributed by atoms with Crippen molar-refractivity contribution >= 4 is 28.6 Å². The summed E-state index contributed by atoms with van der Waals surface area (Å²) in [4.78, 5) is 32.4. The van der Waals surface area contributed by atoms with Crippen LogP contribution in [0.4, 0.5) is 5.69 Å². The van der Waals surface area contributed by atoms with E-state index in [-0.39, 0.29) is 19.1 Å². The standard InChI is InChI=1S/C27H32N6O3/c1-4-36-25(34)18-30-27(2,26(35)33-13-5-6-14-33)20-9-12-23-22(15-20)31-24(32(23)3)17-29-21-10-7-19(16-28)8-11-21/h7-12,15,29-30H,4-6,13-14,17-18H2,1-3H3. The zero-order valence-corrected chi connectivity index (χ0v) is 21.0. The minimum Gasteiger partial charge on any atom is -0.465 e. The number of carbonyl (C=O) groups is 2. The number of esters is 1. The Bertz CT molecular complexity index is 1290. The molecule has 1 amide bonds. The number of anilines is 1. The van der Waals surface area contributed by atoms with Gasteiger partial charge in [0, 0.05) is 25.8 Å². The Morgan fingerprint density at radius 1 is 1.17 bits per heavy atom. The fraction of sp³-hybridized carbons (Fsp3) is 0.407. The number of hydrogen-bond acceptors (Lipinski definition) is 7. The molecule has 1 atom stereocenters. The van der Waals surface area contributed by atoms with Gasteiger partial charge >= 0.3 is 5.97 Å². The number of imidazole rings is 1. The molecule has 2 aromatic carbocycles. The van der Waals surface area contributed by atoms with Crippen LogP contribution in [0.15, 0.2) is 42.5 Å². The third-order valence-electron chi connectivity index (χ3n) is 6.73. The van der Waals surface area contributed by atoms with Crippen molar-refractivity contribution in [3.63, 3.8) is 0 Å². The van der Waals surface area contributed by atoms with Crippen LogP contribution in [0.3, 0.4) is 0 Å². The molecular formula is C27H32N6O3. The van der Waals surface area contributed by atoms with Gasteiger partial charge in [0.2, 0.25) is 5.91 Å². The van der Waals surface area contributed by atoms with E-state index in [1.807, 2.05) is 53.8 Å². The first-order valence-corrected chi connectivity index (χ1v) is 12.3. The van der Waals surface area contributed by atoms with Gasteiger partial charge in [0.25, 0.3) is 0 Å². The molecule has 2 N–H and O–H groups in total. The molecule has 0 bridgehead atoms. The molecule has 0 saturated carbocycles. The van der Waals surface area contributed by atoms with E-state index in [1.54, 1.807) is 19.1 Å². The van der Waals surface area contributed by atoms with Gasteiger partial charge in [-0.25, -0.2) is 4.98 Å². The third-order valence-corrected chi connectivity index (χ3v) is 6.73. The molecule has 36 heavy (non-hydrogen) atoms. The quantitative estimate of drug-likeness (QED) is 0.445. The van der Waals surface area contributed by atoms with Crippen LogP contribution in [0.1, 0.15) is 43.6 Å². The highest BCUT2D eigenvalue weighted by atomic mass is 16.5. The Morgan fingerprint density at radius 2 is 1.89 bits per heavy atom. The number of carbonyl (C=O) groups excluding carboxylic acids is 2. The molecule has 1 saturated heterocycles. The number of amides is 1. The maximum absolute atomic E-state index is 13.6. The number of fused-ring (bicyclic) bond motifs is 1. The smallest absolute Gasteiger partial charge is 0.319 e.